The average molecular weight is 307 g/mol. The normalized spacial score (nSPS) is 14.8. The summed E-state index contributed by atoms with van der Waals surface area (Å²) in [6.45, 7) is 4.37. The highest BCUT2D eigenvalue weighted by Crippen LogP contribution is 2.19. The smallest absolute Gasteiger partial charge is 0.416 e. The molecule has 0 unspecified atom stereocenters. The molecule has 0 radical (unpaired) electrons. The van der Waals surface area contributed by atoms with E-state index in [2.05, 4.69) is 15.2 Å². The summed E-state index contributed by atoms with van der Waals surface area (Å²) in [6.07, 6.45) is -0.583. The molecule has 2 aromatic rings. The third kappa shape index (κ3) is 2.56. The summed E-state index contributed by atoms with van der Waals surface area (Å²) in [5.74, 6) is 0.309. The maximum atomic E-state index is 12.0. The number of cyclic esters (lactones) is 1. The van der Waals surface area contributed by atoms with Crippen LogP contribution in [0.1, 0.15) is 11.4 Å². The van der Waals surface area contributed by atoms with Gasteiger partial charge in [-0.25, -0.2) is 14.7 Å². The van der Waals surface area contributed by atoms with Gasteiger partial charge >= 0.3 is 6.09 Å². The number of hydrogen-bond acceptors (Lipinski definition) is 7. The second-order valence-corrected chi connectivity index (χ2v) is 5.55. The van der Waals surface area contributed by atoms with Crippen LogP contribution in [-0.2, 0) is 9.53 Å². The number of aromatic nitrogens is 4. The number of imide groups is 1. The largest absolute Gasteiger partial charge is 0.447 e. The van der Waals surface area contributed by atoms with Crippen LogP contribution < -0.4 is 0 Å². The molecular weight excluding hydrogens is 294 g/mol. The van der Waals surface area contributed by atoms with Crippen LogP contribution in [-0.4, -0.2) is 55.4 Å². The number of rotatable bonds is 3. The lowest BCUT2D eigenvalue weighted by molar-refractivity contribution is -0.125. The predicted molar refractivity (Wildman–Crippen MR) is 74.0 cm³/mol. The van der Waals surface area contributed by atoms with Crippen molar-refractivity contribution in [2.24, 2.45) is 0 Å². The van der Waals surface area contributed by atoms with Crippen LogP contribution in [0.25, 0.3) is 5.78 Å². The number of thioether (sulfide) groups is 1. The van der Waals surface area contributed by atoms with Crippen LogP contribution in [0.15, 0.2) is 11.2 Å². The monoisotopic (exact) mass is 307 g/mol. The second-order valence-electron chi connectivity index (χ2n) is 4.61. The number of carbonyl (C=O) groups is 2. The molecule has 0 saturated carbocycles. The van der Waals surface area contributed by atoms with Gasteiger partial charge in [0, 0.05) is 11.4 Å². The first-order chi connectivity index (χ1) is 10.1. The minimum atomic E-state index is -0.583. The maximum absolute atomic E-state index is 12.0. The van der Waals surface area contributed by atoms with Gasteiger partial charge in [-0.2, -0.15) is 0 Å². The summed E-state index contributed by atoms with van der Waals surface area (Å²) >= 11 is 1.22. The Morgan fingerprint density at radius 1 is 1.43 bits per heavy atom. The average Bonchev–Trinajstić information content (AvgIpc) is 3.02. The second kappa shape index (κ2) is 5.32. The fraction of sp³-hybridized carbons (Fsp3) is 0.417. The minimum absolute atomic E-state index is 0.100. The van der Waals surface area contributed by atoms with Crippen molar-refractivity contribution in [2.75, 3.05) is 18.9 Å². The molecule has 1 aliphatic heterocycles. The highest BCUT2D eigenvalue weighted by molar-refractivity contribution is 7.99. The Morgan fingerprint density at radius 3 is 2.95 bits per heavy atom. The fourth-order valence-electron chi connectivity index (χ4n) is 2.12. The summed E-state index contributed by atoms with van der Waals surface area (Å²) in [6, 6.07) is 1.92. The van der Waals surface area contributed by atoms with Crippen LogP contribution in [0.3, 0.4) is 0 Å². The van der Waals surface area contributed by atoms with Crippen LogP contribution in [0.5, 0.6) is 0 Å². The van der Waals surface area contributed by atoms with Crippen molar-refractivity contribution in [3.8, 4) is 0 Å². The Morgan fingerprint density at radius 2 is 2.24 bits per heavy atom. The summed E-state index contributed by atoms with van der Waals surface area (Å²) in [5.41, 5.74) is 1.80. The Hall–Kier alpha value is -2.16. The van der Waals surface area contributed by atoms with Crippen LogP contribution in [0.2, 0.25) is 0 Å². The van der Waals surface area contributed by atoms with Crippen molar-refractivity contribution >= 4 is 29.5 Å². The molecule has 21 heavy (non-hydrogen) atoms. The van der Waals surface area contributed by atoms with Crippen molar-refractivity contribution < 1.29 is 14.3 Å². The van der Waals surface area contributed by atoms with Crippen molar-refractivity contribution in [1.82, 2.24) is 24.5 Å². The van der Waals surface area contributed by atoms with E-state index < -0.39 is 6.09 Å². The van der Waals surface area contributed by atoms with E-state index in [1.165, 1.54) is 11.8 Å². The first-order valence-corrected chi connectivity index (χ1v) is 7.34. The lowest BCUT2D eigenvalue weighted by Gasteiger charge is -2.09. The van der Waals surface area contributed by atoms with Gasteiger partial charge in [-0.3, -0.25) is 9.20 Å². The molecule has 8 nitrogen and oxygen atoms in total. The first kappa shape index (κ1) is 13.8. The van der Waals surface area contributed by atoms with Crippen LogP contribution in [0, 0.1) is 13.8 Å². The van der Waals surface area contributed by atoms with Crippen LogP contribution in [0.4, 0.5) is 4.79 Å². The van der Waals surface area contributed by atoms with Crippen molar-refractivity contribution in [3.63, 3.8) is 0 Å². The molecular formula is C12H13N5O3S. The van der Waals surface area contributed by atoms with Gasteiger partial charge in [0.1, 0.15) is 6.61 Å². The Kier molecular flexibility index (Phi) is 3.50. The Balaban J connectivity index is 1.77. The molecule has 3 rings (SSSR count). The van der Waals surface area contributed by atoms with Gasteiger partial charge in [0.15, 0.2) is 5.16 Å². The zero-order valence-corrected chi connectivity index (χ0v) is 12.4. The summed E-state index contributed by atoms with van der Waals surface area (Å²) in [4.78, 5) is 28.7. The first-order valence-electron chi connectivity index (χ1n) is 6.35. The summed E-state index contributed by atoms with van der Waals surface area (Å²) < 4.78 is 6.52. The highest BCUT2D eigenvalue weighted by Gasteiger charge is 2.28. The lowest BCUT2D eigenvalue weighted by atomic mass is 10.3. The number of carbonyl (C=O) groups excluding carboxylic acids is 2. The third-order valence-electron chi connectivity index (χ3n) is 3.05. The molecule has 2 amide bonds. The van der Waals surface area contributed by atoms with Gasteiger partial charge in [0.2, 0.25) is 5.91 Å². The summed E-state index contributed by atoms with van der Waals surface area (Å²) in [5, 5.41) is 8.62. The fourth-order valence-corrected chi connectivity index (χ4v) is 2.98. The third-order valence-corrected chi connectivity index (χ3v) is 3.96. The van der Waals surface area contributed by atoms with Gasteiger partial charge in [-0.1, -0.05) is 11.8 Å². The molecule has 9 heteroatoms. The number of aryl methyl sites for hydroxylation is 2. The highest BCUT2D eigenvalue weighted by atomic mass is 32.2. The molecule has 1 aliphatic rings. The predicted octanol–water partition coefficient (Wildman–Crippen LogP) is 0.812. The molecule has 0 atom stereocenters. The topological polar surface area (TPSA) is 89.7 Å². The number of amides is 2. The van der Waals surface area contributed by atoms with Gasteiger partial charge < -0.3 is 4.74 Å². The molecule has 1 saturated heterocycles. The van der Waals surface area contributed by atoms with E-state index in [0.29, 0.717) is 17.5 Å². The number of nitrogens with zero attached hydrogens (tertiary/aromatic N) is 5. The van der Waals surface area contributed by atoms with Crippen LogP contribution >= 0.6 is 11.8 Å². The number of fused-ring (bicyclic) bond motifs is 1. The molecule has 2 aromatic heterocycles. The van der Waals surface area contributed by atoms with E-state index in [-0.39, 0.29) is 18.3 Å². The number of hydrogen-bond donors (Lipinski definition) is 0. The molecule has 0 N–H and O–H groups in total. The molecule has 0 spiro atoms. The molecule has 110 valence electrons. The zero-order valence-electron chi connectivity index (χ0n) is 11.6. The van der Waals surface area contributed by atoms with E-state index in [0.717, 1.165) is 16.3 Å². The Bertz CT molecular complexity index is 729. The van der Waals surface area contributed by atoms with Gasteiger partial charge in [-0.15, -0.1) is 10.2 Å². The quantitative estimate of drug-likeness (QED) is 0.775. The van der Waals surface area contributed by atoms with E-state index >= 15 is 0 Å². The van der Waals surface area contributed by atoms with Gasteiger partial charge in [0.05, 0.1) is 12.3 Å². The zero-order chi connectivity index (χ0) is 15.0. The van der Waals surface area contributed by atoms with Gasteiger partial charge in [0.25, 0.3) is 5.78 Å². The van der Waals surface area contributed by atoms with E-state index in [9.17, 15) is 9.59 Å². The van der Waals surface area contributed by atoms with E-state index in [4.69, 9.17) is 4.74 Å². The van der Waals surface area contributed by atoms with Crippen molar-refractivity contribution in [1.29, 1.82) is 0 Å². The molecule has 0 aromatic carbocycles. The molecule has 3 heterocycles. The molecule has 0 aliphatic carbocycles. The minimum Gasteiger partial charge on any atom is -0.447 e. The molecule has 0 bridgehead atoms. The van der Waals surface area contributed by atoms with E-state index in [1.807, 2.05) is 19.9 Å². The standard InChI is InChI=1S/C12H13N5O3S/c1-7-5-8(2)17-10(13-7)14-15-11(17)21-6-9(18)16-3-4-20-12(16)19/h5H,3-4,6H2,1-2H3. The maximum Gasteiger partial charge on any atom is 0.416 e. The Labute approximate surface area is 124 Å². The van der Waals surface area contributed by atoms with Crippen molar-refractivity contribution in [3.05, 3.63) is 17.5 Å². The van der Waals surface area contributed by atoms with Gasteiger partial charge in [-0.05, 0) is 19.9 Å². The van der Waals surface area contributed by atoms with Crippen molar-refractivity contribution in [2.45, 2.75) is 19.0 Å². The SMILES string of the molecule is Cc1cc(C)n2c(SCC(=O)N3CCOC3=O)nnc2n1. The molecule has 1 fully saturated rings. The summed E-state index contributed by atoms with van der Waals surface area (Å²) in [7, 11) is 0. The number of ether oxygens (including phenoxy) is 1. The van der Waals surface area contributed by atoms with E-state index in [1.54, 1.807) is 4.40 Å². The lowest BCUT2D eigenvalue weighted by Crippen LogP contribution is -2.33.